The van der Waals surface area contributed by atoms with Gasteiger partial charge in [-0.15, -0.1) is 12.3 Å². The van der Waals surface area contributed by atoms with Gasteiger partial charge in [0.2, 0.25) is 0 Å². The summed E-state index contributed by atoms with van der Waals surface area (Å²) in [5.41, 5.74) is -0.875. The summed E-state index contributed by atoms with van der Waals surface area (Å²) in [5, 5.41) is 9.47. The number of ketones is 1. The van der Waals surface area contributed by atoms with Crippen LogP contribution >= 0.6 is 0 Å². The van der Waals surface area contributed by atoms with E-state index in [4.69, 9.17) is 6.42 Å². The van der Waals surface area contributed by atoms with Gasteiger partial charge in [-0.3, -0.25) is 0 Å². The molecule has 0 bridgehead atoms. The predicted octanol–water partition coefficient (Wildman–Crippen LogP) is 1.13. The lowest BCUT2D eigenvalue weighted by Crippen LogP contribution is -2.23. The van der Waals surface area contributed by atoms with E-state index in [1.54, 1.807) is 6.92 Å². The normalized spacial score (nSPS) is 15.1. The molecule has 0 amide bonds. The molecule has 0 saturated carbocycles. The molecule has 0 rings (SSSR count). The molecule has 0 aliphatic carbocycles. The maximum Gasteiger partial charge on any atom is 0.129 e. The minimum Gasteiger partial charge on any atom is -0.389 e. The van der Waals surface area contributed by atoms with Gasteiger partial charge >= 0.3 is 0 Å². The standard InChI is InChI=1S/C9H14O2/c1-4-6-9(3,11)7-5-8(2)10/h1,11H,5-7H2,2-3H3. The molecule has 1 atom stereocenters. The van der Waals surface area contributed by atoms with Gasteiger partial charge in [0.1, 0.15) is 5.78 Å². The first-order valence-corrected chi connectivity index (χ1v) is 3.63. The molecule has 1 N–H and O–H groups in total. The van der Waals surface area contributed by atoms with Crippen molar-refractivity contribution in [3.8, 4) is 12.3 Å². The fourth-order valence-electron chi connectivity index (χ4n) is 0.754. The molecule has 0 radical (unpaired) electrons. The Balaban J connectivity index is 3.74. The first-order chi connectivity index (χ1) is 4.98. The van der Waals surface area contributed by atoms with Gasteiger partial charge in [-0.25, -0.2) is 0 Å². The Morgan fingerprint density at radius 3 is 2.64 bits per heavy atom. The number of rotatable bonds is 4. The van der Waals surface area contributed by atoms with Crippen LogP contribution in [-0.4, -0.2) is 16.5 Å². The van der Waals surface area contributed by atoms with Crippen molar-refractivity contribution < 1.29 is 9.90 Å². The lowest BCUT2D eigenvalue weighted by Gasteiger charge is -2.19. The average molecular weight is 154 g/mol. The summed E-state index contributed by atoms with van der Waals surface area (Å²) in [6, 6.07) is 0. The molecule has 0 aromatic rings. The predicted molar refractivity (Wildman–Crippen MR) is 44.0 cm³/mol. The van der Waals surface area contributed by atoms with Gasteiger partial charge in [0, 0.05) is 12.8 Å². The van der Waals surface area contributed by atoms with Crippen LogP contribution in [0.2, 0.25) is 0 Å². The van der Waals surface area contributed by atoms with Gasteiger partial charge in [0.25, 0.3) is 0 Å². The molecule has 0 spiro atoms. The van der Waals surface area contributed by atoms with Gasteiger partial charge in [0.15, 0.2) is 0 Å². The highest BCUT2D eigenvalue weighted by Crippen LogP contribution is 2.15. The van der Waals surface area contributed by atoms with Crippen molar-refractivity contribution in [3.63, 3.8) is 0 Å². The van der Waals surface area contributed by atoms with Crippen molar-refractivity contribution in [1.29, 1.82) is 0 Å². The van der Waals surface area contributed by atoms with Crippen LogP contribution in [0.1, 0.15) is 33.1 Å². The monoisotopic (exact) mass is 154 g/mol. The van der Waals surface area contributed by atoms with E-state index in [9.17, 15) is 9.90 Å². The van der Waals surface area contributed by atoms with E-state index in [0.717, 1.165) is 0 Å². The number of terminal acetylenes is 1. The van der Waals surface area contributed by atoms with Crippen LogP contribution in [0, 0.1) is 12.3 Å². The van der Waals surface area contributed by atoms with Crippen molar-refractivity contribution >= 4 is 5.78 Å². The molecular formula is C9H14O2. The zero-order valence-electron chi connectivity index (χ0n) is 7.05. The summed E-state index contributed by atoms with van der Waals surface area (Å²) in [4.78, 5) is 10.5. The first kappa shape index (κ1) is 10.2. The second kappa shape index (κ2) is 4.15. The van der Waals surface area contributed by atoms with E-state index in [1.165, 1.54) is 6.92 Å². The lowest BCUT2D eigenvalue weighted by atomic mass is 9.96. The van der Waals surface area contributed by atoms with Gasteiger partial charge in [-0.2, -0.15) is 0 Å². The highest BCUT2D eigenvalue weighted by molar-refractivity contribution is 5.75. The van der Waals surface area contributed by atoms with Crippen LogP contribution < -0.4 is 0 Å². The largest absolute Gasteiger partial charge is 0.389 e. The van der Waals surface area contributed by atoms with E-state index < -0.39 is 5.60 Å². The molecule has 0 saturated heterocycles. The summed E-state index contributed by atoms with van der Waals surface area (Å²) >= 11 is 0. The minimum absolute atomic E-state index is 0.0855. The smallest absolute Gasteiger partial charge is 0.129 e. The molecule has 0 aliphatic heterocycles. The van der Waals surface area contributed by atoms with Crippen LogP contribution in [0.15, 0.2) is 0 Å². The number of carbonyl (C=O) groups excluding carboxylic acids is 1. The van der Waals surface area contributed by atoms with Crippen LogP contribution in [0.4, 0.5) is 0 Å². The van der Waals surface area contributed by atoms with Crippen LogP contribution in [-0.2, 0) is 4.79 Å². The van der Waals surface area contributed by atoms with Gasteiger partial charge in [-0.05, 0) is 20.3 Å². The Morgan fingerprint density at radius 1 is 1.73 bits per heavy atom. The van der Waals surface area contributed by atoms with E-state index in [2.05, 4.69) is 5.92 Å². The van der Waals surface area contributed by atoms with Crippen molar-refractivity contribution in [1.82, 2.24) is 0 Å². The number of hydrogen-bond acceptors (Lipinski definition) is 2. The summed E-state index contributed by atoms with van der Waals surface area (Å²) in [7, 11) is 0. The molecule has 0 aromatic carbocycles. The fourth-order valence-corrected chi connectivity index (χ4v) is 0.754. The first-order valence-electron chi connectivity index (χ1n) is 3.63. The maximum absolute atomic E-state index is 10.5. The molecule has 62 valence electrons. The molecule has 2 heteroatoms. The highest BCUT2D eigenvalue weighted by Gasteiger charge is 2.18. The third-order valence-corrected chi connectivity index (χ3v) is 1.50. The fraction of sp³-hybridized carbons (Fsp3) is 0.667. The summed E-state index contributed by atoms with van der Waals surface area (Å²) in [6.45, 7) is 3.15. The average Bonchev–Trinajstić information content (AvgIpc) is 1.84. The van der Waals surface area contributed by atoms with E-state index in [-0.39, 0.29) is 5.78 Å². The van der Waals surface area contributed by atoms with Crippen molar-refractivity contribution in [2.45, 2.75) is 38.7 Å². The second-order valence-electron chi connectivity index (χ2n) is 3.08. The highest BCUT2D eigenvalue weighted by atomic mass is 16.3. The molecule has 11 heavy (non-hydrogen) atoms. The van der Waals surface area contributed by atoms with Crippen molar-refractivity contribution in [2.24, 2.45) is 0 Å². The lowest BCUT2D eigenvalue weighted by molar-refractivity contribution is -0.118. The SMILES string of the molecule is C#CCC(C)(O)CCC(C)=O. The Bertz CT molecular complexity index is 174. The topological polar surface area (TPSA) is 37.3 Å². The van der Waals surface area contributed by atoms with E-state index in [0.29, 0.717) is 19.3 Å². The quantitative estimate of drug-likeness (QED) is 0.616. The molecule has 0 aliphatic rings. The van der Waals surface area contributed by atoms with Gasteiger partial charge < -0.3 is 9.90 Å². The van der Waals surface area contributed by atoms with Crippen LogP contribution in [0.5, 0.6) is 0 Å². The third-order valence-electron chi connectivity index (χ3n) is 1.50. The molecule has 2 nitrogen and oxygen atoms in total. The summed E-state index contributed by atoms with van der Waals surface area (Å²) in [5.74, 6) is 2.46. The maximum atomic E-state index is 10.5. The van der Waals surface area contributed by atoms with Gasteiger partial charge in [-0.1, -0.05) is 0 Å². The molecule has 0 heterocycles. The molecule has 0 aromatic heterocycles. The molecular weight excluding hydrogens is 140 g/mol. The number of hydrogen-bond donors (Lipinski definition) is 1. The zero-order chi connectivity index (χ0) is 8.91. The molecule has 0 fully saturated rings. The Hall–Kier alpha value is -0.810. The minimum atomic E-state index is -0.875. The van der Waals surface area contributed by atoms with E-state index in [1.807, 2.05) is 0 Å². The number of Topliss-reactive ketones (excluding diaryl/α,β-unsaturated/α-hetero) is 1. The Labute approximate surface area is 67.6 Å². The Kier molecular flexibility index (Phi) is 3.84. The van der Waals surface area contributed by atoms with E-state index >= 15 is 0 Å². The van der Waals surface area contributed by atoms with Crippen molar-refractivity contribution in [3.05, 3.63) is 0 Å². The molecule has 1 unspecified atom stereocenters. The van der Waals surface area contributed by atoms with Crippen molar-refractivity contribution in [2.75, 3.05) is 0 Å². The second-order valence-corrected chi connectivity index (χ2v) is 3.08. The van der Waals surface area contributed by atoms with Crippen LogP contribution in [0.25, 0.3) is 0 Å². The third kappa shape index (κ3) is 5.63. The Morgan fingerprint density at radius 2 is 2.27 bits per heavy atom. The summed E-state index contributed by atoms with van der Waals surface area (Å²) < 4.78 is 0. The summed E-state index contributed by atoms with van der Waals surface area (Å²) in [6.07, 6.45) is 6.18. The number of carbonyl (C=O) groups is 1. The number of aliphatic hydroxyl groups is 1. The van der Waals surface area contributed by atoms with Crippen LogP contribution in [0.3, 0.4) is 0 Å². The van der Waals surface area contributed by atoms with Gasteiger partial charge in [0.05, 0.1) is 5.60 Å². The zero-order valence-corrected chi connectivity index (χ0v) is 7.05.